The fourth-order valence-corrected chi connectivity index (χ4v) is 1.92. The van der Waals surface area contributed by atoms with E-state index in [0.29, 0.717) is 5.57 Å². The molecule has 0 heterocycles. The maximum absolute atomic E-state index is 13.8. The summed E-state index contributed by atoms with van der Waals surface area (Å²) in [7, 11) is 0. The summed E-state index contributed by atoms with van der Waals surface area (Å²) in [6.07, 6.45) is 6.48. The molecule has 17 heavy (non-hydrogen) atoms. The van der Waals surface area contributed by atoms with Gasteiger partial charge in [0.15, 0.2) is 0 Å². The van der Waals surface area contributed by atoms with Crippen molar-refractivity contribution in [1.29, 1.82) is 0 Å². The van der Waals surface area contributed by atoms with Crippen LogP contribution in [0, 0.1) is 5.92 Å². The van der Waals surface area contributed by atoms with E-state index in [9.17, 15) is 8.78 Å². The minimum atomic E-state index is -0.912. The van der Waals surface area contributed by atoms with Crippen LogP contribution in [0.15, 0.2) is 46.6 Å². The molecule has 0 aliphatic heterocycles. The van der Waals surface area contributed by atoms with Crippen LogP contribution in [0.25, 0.3) is 0 Å². The number of hydrogen-bond acceptors (Lipinski definition) is 0. The molecule has 2 heteroatoms. The number of alkyl halides is 2. The van der Waals surface area contributed by atoms with Gasteiger partial charge in [-0.25, -0.2) is 8.78 Å². The highest BCUT2D eigenvalue weighted by molar-refractivity contribution is 5.42. The van der Waals surface area contributed by atoms with Gasteiger partial charge in [0, 0.05) is 5.92 Å². The van der Waals surface area contributed by atoms with E-state index >= 15 is 0 Å². The van der Waals surface area contributed by atoms with Crippen molar-refractivity contribution in [2.75, 3.05) is 6.67 Å². The molecule has 0 saturated carbocycles. The predicted octanol–water partition coefficient (Wildman–Crippen LogP) is 4.71. The first-order chi connectivity index (χ1) is 7.97. The summed E-state index contributed by atoms with van der Waals surface area (Å²) in [6.45, 7) is 6.93. The van der Waals surface area contributed by atoms with Crippen molar-refractivity contribution in [2.24, 2.45) is 5.92 Å². The van der Waals surface area contributed by atoms with E-state index in [2.05, 4.69) is 0 Å². The topological polar surface area (TPSA) is 0 Å². The molecule has 0 nitrogen and oxygen atoms in total. The fourth-order valence-electron chi connectivity index (χ4n) is 1.92. The summed E-state index contributed by atoms with van der Waals surface area (Å²) in [6, 6.07) is 0. The molecule has 2 unspecified atom stereocenters. The monoisotopic (exact) mass is 238 g/mol. The van der Waals surface area contributed by atoms with E-state index in [4.69, 9.17) is 0 Å². The van der Waals surface area contributed by atoms with Crippen molar-refractivity contribution in [1.82, 2.24) is 0 Å². The van der Waals surface area contributed by atoms with Crippen LogP contribution in [0.5, 0.6) is 0 Å². The van der Waals surface area contributed by atoms with E-state index in [0.717, 1.165) is 16.7 Å². The van der Waals surface area contributed by atoms with E-state index in [1.165, 1.54) is 0 Å². The normalized spacial score (nSPS) is 26.7. The van der Waals surface area contributed by atoms with Gasteiger partial charge in [-0.15, -0.1) is 0 Å². The SMILES string of the molecule is CC1=CC=C(/C(C)=C/C=C(/C)CF)C(C)C1F. The molecule has 0 bridgehead atoms. The summed E-state index contributed by atoms with van der Waals surface area (Å²) in [5.74, 6) is -0.129. The lowest BCUT2D eigenvalue weighted by molar-refractivity contribution is 0.308. The lowest BCUT2D eigenvalue weighted by atomic mass is 9.84. The van der Waals surface area contributed by atoms with Gasteiger partial charge in [0.25, 0.3) is 0 Å². The van der Waals surface area contributed by atoms with Crippen molar-refractivity contribution in [3.05, 3.63) is 46.6 Å². The van der Waals surface area contributed by atoms with Gasteiger partial charge in [-0.05, 0) is 43.1 Å². The van der Waals surface area contributed by atoms with Gasteiger partial charge >= 0.3 is 0 Å². The Balaban J connectivity index is 2.94. The maximum atomic E-state index is 13.8. The Kier molecular flexibility index (Phi) is 4.86. The van der Waals surface area contributed by atoms with Crippen LogP contribution in [0.2, 0.25) is 0 Å². The smallest absolute Gasteiger partial charge is 0.128 e. The molecule has 0 aromatic heterocycles. The standard InChI is InChI=1S/C15H20F2/c1-10(9-16)5-6-11(2)14-8-7-12(3)15(17)13(14)4/h5-8,13,15H,9H2,1-4H3/b10-5-,11-6+. The quantitative estimate of drug-likeness (QED) is 0.625. The van der Waals surface area contributed by atoms with Crippen LogP contribution in [-0.2, 0) is 0 Å². The number of rotatable bonds is 3. The van der Waals surface area contributed by atoms with Crippen LogP contribution in [-0.4, -0.2) is 12.8 Å². The van der Waals surface area contributed by atoms with Gasteiger partial charge in [0.05, 0.1) is 0 Å². The van der Waals surface area contributed by atoms with Crippen LogP contribution >= 0.6 is 0 Å². The van der Waals surface area contributed by atoms with Crippen molar-refractivity contribution in [2.45, 2.75) is 33.9 Å². The first-order valence-electron chi connectivity index (χ1n) is 5.90. The van der Waals surface area contributed by atoms with Gasteiger partial charge in [-0.3, -0.25) is 0 Å². The van der Waals surface area contributed by atoms with Crippen LogP contribution in [0.3, 0.4) is 0 Å². The average molecular weight is 238 g/mol. The first kappa shape index (κ1) is 13.9. The second kappa shape index (κ2) is 5.95. The second-order valence-electron chi connectivity index (χ2n) is 4.72. The summed E-state index contributed by atoms with van der Waals surface area (Å²) < 4.78 is 26.1. The van der Waals surface area contributed by atoms with Gasteiger partial charge < -0.3 is 0 Å². The Morgan fingerprint density at radius 1 is 1.29 bits per heavy atom. The fraction of sp³-hybridized carbons (Fsp3) is 0.467. The molecule has 0 spiro atoms. The molecular weight excluding hydrogens is 218 g/mol. The lowest BCUT2D eigenvalue weighted by Crippen LogP contribution is -2.19. The molecular formula is C15H20F2. The summed E-state index contributed by atoms with van der Waals surface area (Å²) >= 11 is 0. The zero-order valence-corrected chi connectivity index (χ0v) is 10.9. The Morgan fingerprint density at radius 2 is 1.94 bits per heavy atom. The predicted molar refractivity (Wildman–Crippen MR) is 69.4 cm³/mol. The van der Waals surface area contributed by atoms with Crippen LogP contribution in [0.1, 0.15) is 27.7 Å². The molecule has 0 aromatic carbocycles. The van der Waals surface area contributed by atoms with Crippen molar-refractivity contribution >= 4 is 0 Å². The minimum Gasteiger partial charge on any atom is -0.246 e. The van der Waals surface area contributed by atoms with Crippen molar-refractivity contribution in [3.8, 4) is 0 Å². The molecule has 0 fully saturated rings. The number of allylic oxidation sites excluding steroid dienone is 8. The average Bonchev–Trinajstić information content (AvgIpc) is 2.32. The largest absolute Gasteiger partial charge is 0.246 e. The third-order valence-electron chi connectivity index (χ3n) is 3.17. The second-order valence-corrected chi connectivity index (χ2v) is 4.72. The van der Waals surface area contributed by atoms with E-state index in [1.54, 1.807) is 19.9 Å². The summed E-state index contributed by atoms with van der Waals surface area (Å²) in [5, 5.41) is 0. The van der Waals surface area contributed by atoms with Crippen molar-refractivity contribution in [3.63, 3.8) is 0 Å². The molecule has 1 rings (SSSR count). The zero-order valence-electron chi connectivity index (χ0n) is 10.9. The third kappa shape index (κ3) is 3.39. The summed E-state index contributed by atoms with van der Waals surface area (Å²) in [5.41, 5.74) is 3.43. The number of hydrogen-bond donors (Lipinski definition) is 0. The Hall–Kier alpha value is -1.18. The van der Waals surface area contributed by atoms with Gasteiger partial charge in [-0.1, -0.05) is 31.2 Å². The Labute approximate surface area is 102 Å². The molecule has 0 radical (unpaired) electrons. The molecule has 0 amide bonds. The molecule has 1 aliphatic rings. The van der Waals surface area contributed by atoms with E-state index < -0.39 is 12.8 Å². The van der Waals surface area contributed by atoms with E-state index in [1.807, 2.05) is 32.1 Å². The summed E-state index contributed by atoms with van der Waals surface area (Å²) in [4.78, 5) is 0. The lowest BCUT2D eigenvalue weighted by Gasteiger charge is -2.24. The van der Waals surface area contributed by atoms with E-state index in [-0.39, 0.29) is 5.92 Å². The molecule has 0 N–H and O–H groups in total. The molecule has 94 valence electrons. The molecule has 0 aromatic rings. The van der Waals surface area contributed by atoms with Crippen molar-refractivity contribution < 1.29 is 8.78 Å². The highest BCUT2D eigenvalue weighted by atomic mass is 19.1. The van der Waals surface area contributed by atoms with Crippen LogP contribution < -0.4 is 0 Å². The molecule has 1 aliphatic carbocycles. The highest BCUT2D eigenvalue weighted by Gasteiger charge is 2.24. The van der Waals surface area contributed by atoms with Crippen LogP contribution in [0.4, 0.5) is 8.78 Å². The van der Waals surface area contributed by atoms with Gasteiger partial charge in [0.1, 0.15) is 12.8 Å². The first-order valence-corrected chi connectivity index (χ1v) is 5.90. The minimum absolute atomic E-state index is 0.129. The maximum Gasteiger partial charge on any atom is 0.128 e. The third-order valence-corrected chi connectivity index (χ3v) is 3.17. The molecule has 0 saturated heterocycles. The Bertz CT molecular complexity index is 397. The zero-order chi connectivity index (χ0) is 13.0. The van der Waals surface area contributed by atoms with Gasteiger partial charge in [0.2, 0.25) is 0 Å². The Morgan fingerprint density at radius 3 is 2.53 bits per heavy atom. The number of halogens is 2. The highest BCUT2D eigenvalue weighted by Crippen LogP contribution is 2.31. The molecule has 2 atom stereocenters. The van der Waals surface area contributed by atoms with Gasteiger partial charge in [-0.2, -0.15) is 0 Å².